The molecule has 0 spiro atoms. The van der Waals surface area contributed by atoms with Gasteiger partial charge in [-0.3, -0.25) is 0 Å². The van der Waals surface area contributed by atoms with Crippen LogP contribution in [0.15, 0.2) is 36.5 Å². The van der Waals surface area contributed by atoms with Gasteiger partial charge in [0.1, 0.15) is 0 Å². The predicted octanol–water partition coefficient (Wildman–Crippen LogP) is 6.44. The van der Waals surface area contributed by atoms with Gasteiger partial charge in [-0.15, -0.1) is 0 Å². The highest BCUT2D eigenvalue weighted by Gasteiger charge is 1.92. The minimum Gasteiger partial charge on any atom is -0.478 e. The molecule has 0 radical (unpaired) electrons. The van der Waals surface area contributed by atoms with Gasteiger partial charge in [-0.25, -0.2) is 4.79 Å². The van der Waals surface area contributed by atoms with E-state index in [1.807, 2.05) is 12.2 Å². The van der Waals surface area contributed by atoms with E-state index in [0.29, 0.717) is 0 Å². The van der Waals surface area contributed by atoms with Crippen molar-refractivity contribution in [1.29, 1.82) is 0 Å². The second kappa shape index (κ2) is 17.7. The molecule has 0 heterocycles. The topological polar surface area (TPSA) is 37.3 Å². The highest BCUT2D eigenvalue weighted by molar-refractivity contribution is 5.80. The molecule has 0 aromatic heterocycles. The maximum atomic E-state index is 10.2. The summed E-state index contributed by atoms with van der Waals surface area (Å²) in [5.41, 5.74) is 0. The Bertz CT molecular complexity index is 327. The summed E-state index contributed by atoms with van der Waals surface area (Å²) in [5.74, 6) is -0.887. The quantitative estimate of drug-likeness (QED) is 0.163. The Morgan fingerprint density at radius 2 is 1.23 bits per heavy atom. The maximum Gasteiger partial charge on any atom is 0.328 e. The number of unbranched alkanes of at least 4 members (excludes halogenated alkanes) is 10. The van der Waals surface area contributed by atoms with E-state index in [9.17, 15) is 4.79 Å². The van der Waals surface area contributed by atoms with Gasteiger partial charge in [0, 0.05) is 6.08 Å². The molecule has 0 unspecified atom stereocenters. The van der Waals surface area contributed by atoms with Crippen molar-refractivity contribution in [3.8, 4) is 0 Å². The van der Waals surface area contributed by atoms with Crippen LogP contribution in [0, 0.1) is 0 Å². The van der Waals surface area contributed by atoms with Crippen molar-refractivity contribution in [3.05, 3.63) is 36.5 Å². The van der Waals surface area contributed by atoms with Gasteiger partial charge in [-0.1, -0.05) is 82.2 Å². The number of rotatable bonds is 15. The molecule has 0 aliphatic carbocycles. The maximum absolute atomic E-state index is 10.2. The number of carbonyl (C=O) groups is 1. The average molecular weight is 306 g/mol. The first-order chi connectivity index (χ1) is 10.8. The molecule has 0 fully saturated rings. The third-order valence-corrected chi connectivity index (χ3v) is 3.63. The fourth-order valence-electron chi connectivity index (χ4n) is 2.36. The Morgan fingerprint density at radius 1 is 0.727 bits per heavy atom. The molecule has 22 heavy (non-hydrogen) atoms. The van der Waals surface area contributed by atoms with E-state index in [2.05, 4.69) is 19.1 Å². The Balaban J connectivity index is 3.14. The zero-order chi connectivity index (χ0) is 16.3. The van der Waals surface area contributed by atoms with Crippen LogP contribution >= 0.6 is 0 Å². The van der Waals surface area contributed by atoms with Gasteiger partial charge in [0.05, 0.1) is 0 Å². The molecule has 0 aromatic carbocycles. The van der Waals surface area contributed by atoms with Crippen molar-refractivity contribution in [2.75, 3.05) is 0 Å². The fourth-order valence-corrected chi connectivity index (χ4v) is 2.36. The molecule has 0 saturated heterocycles. The summed E-state index contributed by atoms with van der Waals surface area (Å²) in [7, 11) is 0. The largest absolute Gasteiger partial charge is 0.478 e. The highest BCUT2D eigenvalue weighted by atomic mass is 16.4. The Kier molecular flexibility index (Phi) is 16.7. The normalized spacial score (nSPS) is 12.0. The highest BCUT2D eigenvalue weighted by Crippen LogP contribution is 2.11. The number of allylic oxidation sites excluding steroid dienone is 5. The summed E-state index contributed by atoms with van der Waals surface area (Å²) < 4.78 is 0. The summed E-state index contributed by atoms with van der Waals surface area (Å²) in [6.07, 6.45) is 26.7. The standard InChI is InChI=1S/C20H34O2/c1-2-3-4-5-6-7-8-9-10-11-12-13-14-15-16-17-18-19-20(21)22/h3-4,16-19H,2,5-15H2,1H3,(H,21,22). The van der Waals surface area contributed by atoms with Crippen molar-refractivity contribution in [2.24, 2.45) is 0 Å². The second-order valence-electron chi connectivity index (χ2n) is 5.76. The van der Waals surface area contributed by atoms with Gasteiger partial charge < -0.3 is 5.11 Å². The van der Waals surface area contributed by atoms with Gasteiger partial charge >= 0.3 is 5.97 Å². The van der Waals surface area contributed by atoms with Crippen LogP contribution in [0.5, 0.6) is 0 Å². The Morgan fingerprint density at radius 3 is 1.73 bits per heavy atom. The van der Waals surface area contributed by atoms with Crippen LogP contribution in [0.4, 0.5) is 0 Å². The Labute approximate surface area is 137 Å². The van der Waals surface area contributed by atoms with Gasteiger partial charge in [0.25, 0.3) is 0 Å². The lowest BCUT2D eigenvalue weighted by Gasteiger charge is -2.01. The summed E-state index contributed by atoms with van der Waals surface area (Å²) in [6.45, 7) is 2.18. The number of aliphatic carboxylic acids is 1. The van der Waals surface area contributed by atoms with Gasteiger partial charge in [-0.2, -0.15) is 0 Å². The third-order valence-electron chi connectivity index (χ3n) is 3.63. The number of carboxylic acid groups (broad SMARTS) is 1. The average Bonchev–Trinajstić information content (AvgIpc) is 2.50. The van der Waals surface area contributed by atoms with Crippen molar-refractivity contribution < 1.29 is 9.90 Å². The SMILES string of the molecule is CCC=CCCCCCCCCCCCC=CC=CC(=O)O. The van der Waals surface area contributed by atoms with E-state index in [0.717, 1.165) is 18.9 Å². The minimum absolute atomic E-state index is 0.887. The van der Waals surface area contributed by atoms with Crippen molar-refractivity contribution >= 4 is 5.97 Å². The van der Waals surface area contributed by atoms with Crippen molar-refractivity contribution in [3.63, 3.8) is 0 Å². The molecule has 0 saturated carbocycles. The minimum atomic E-state index is -0.887. The van der Waals surface area contributed by atoms with Crippen LogP contribution in [-0.2, 0) is 4.79 Å². The monoisotopic (exact) mass is 306 g/mol. The van der Waals surface area contributed by atoms with Crippen molar-refractivity contribution in [1.82, 2.24) is 0 Å². The molecule has 0 atom stereocenters. The Hall–Kier alpha value is -1.31. The van der Waals surface area contributed by atoms with E-state index in [1.165, 1.54) is 64.2 Å². The molecule has 0 aromatic rings. The summed E-state index contributed by atoms with van der Waals surface area (Å²) in [6, 6.07) is 0. The molecule has 126 valence electrons. The van der Waals surface area contributed by atoms with E-state index < -0.39 is 5.97 Å². The van der Waals surface area contributed by atoms with Crippen LogP contribution in [0.2, 0.25) is 0 Å². The molecular formula is C20H34O2. The molecule has 0 aliphatic rings. The lowest BCUT2D eigenvalue weighted by Crippen LogP contribution is -1.84. The van der Waals surface area contributed by atoms with E-state index in [1.54, 1.807) is 6.08 Å². The van der Waals surface area contributed by atoms with Gasteiger partial charge in [0.2, 0.25) is 0 Å². The zero-order valence-corrected chi connectivity index (χ0v) is 14.3. The molecule has 0 rings (SSSR count). The fraction of sp³-hybridized carbons (Fsp3) is 0.650. The number of hydrogen-bond donors (Lipinski definition) is 1. The summed E-state index contributed by atoms with van der Waals surface area (Å²) in [5, 5.41) is 8.42. The van der Waals surface area contributed by atoms with E-state index in [-0.39, 0.29) is 0 Å². The zero-order valence-electron chi connectivity index (χ0n) is 14.3. The molecule has 0 aliphatic heterocycles. The lowest BCUT2D eigenvalue weighted by atomic mass is 10.1. The van der Waals surface area contributed by atoms with Gasteiger partial charge in [0.15, 0.2) is 0 Å². The first kappa shape index (κ1) is 20.7. The van der Waals surface area contributed by atoms with Gasteiger partial charge in [-0.05, 0) is 32.1 Å². The molecular weight excluding hydrogens is 272 g/mol. The van der Waals surface area contributed by atoms with Crippen LogP contribution in [0.3, 0.4) is 0 Å². The van der Waals surface area contributed by atoms with Crippen LogP contribution < -0.4 is 0 Å². The lowest BCUT2D eigenvalue weighted by molar-refractivity contribution is -0.131. The first-order valence-corrected chi connectivity index (χ1v) is 8.98. The molecule has 2 nitrogen and oxygen atoms in total. The number of hydrogen-bond acceptors (Lipinski definition) is 1. The predicted molar refractivity (Wildman–Crippen MR) is 96.1 cm³/mol. The van der Waals surface area contributed by atoms with E-state index in [4.69, 9.17) is 5.11 Å². The van der Waals surface area contributed by atoms with Crippen LogP contribution in [-0.4, -0.2) is 11.1 Å². The molecule has 0 bridgehead atoms. The van der Waals surface area contributed by atoms with Crippen LogP contribution in [0.25, 0.3) is 0 Å². The first-order valence-electron chi connectivity index (χ1n) is 8.98. The summed E-state index contributed by atoms with van der Waals surface area (Å²) in [4.78, 5) is 10.2. The third kappa shape index (κ3) is 18.7. The van der Waals surface area contributed by atoms with E-state index >= 15 is 0 Å². The molecule has 2 heteroatoms. The molecule has 1 N–H and O–H groups in total. The smallest absolute Gasteiger partial charge is 0.328 e. The van der Waals surface area contributed by atoms with Crippen molar-refractivity contribution in [2.45, 2.75) is 84.0 Å². The van der Waals surface area contributed by atoms with Crippen LogP contribution in [0.1, 0.15) is 84.0 Å². The summed E-state index contributed by atoms with van der Waals surface area (Å²) >= 11 is 0. The second-order valence-corrected chi connectivity index (χ2v) is 5.76. The molecule has 0 amide bonds. The number of carboxylic acids is 1.